The normalized spacial score (nSPS) is 11.3. The molecule has 2 aromatic carbocycles. The molecule has 0 aliphatic heterocycles. The van der Waals surface area contributed by atoms with Gasteiger partial charge in [-0.25, -0.2) is 4.68 Å². The number of nitro benzene ring substituents is 1. The second-order valence-corrected chi connectivity index (χ2v) is 5.41. The molecule has 0 spiro atoms. The SMILES string of the molecule is C=c1[nH]n(-c2ccccc2)c(=O)/c1=C\Nc1cc([N+](=O)[O-])ccc1OC. The van der Waals surface area contributed by atoms with E-state index in [0.717, 1.165) is 0 Å². The summed E-state index contributed by atoms with van der Waals surface area (Å²) in [6, 6.07) is 13.2. The quantitative estimate of drug-likeness (QED) is 0.533. The Balaban J connectivity index is 2.04. The highest BCUT2D eigenvalue weighted by molar-refractivity contribution is 5.66. The molecule has 0 aliphatic rings. The number of nitro groups is 1. The maximum Gasteiger partial charge on any atom is 0.280 e. The number of hydrogen-bond donors (Lipinski definition) is 2. The monoisotopic (exact) mass is 352 g/mol. The van der Waals surface area contributed by atoms with E-state index in [2.05, 4.69) is 17.0 Å². The Morgan fingerprint density at radius 1 is 1.27 bits per heavy atom. The second-order valence-electron chi connectivity index (χ2n) is 5.41. The van der Waals surface area contributed by atoms with Crippen LogP contribution in [0.2, 0.25) is 0 Å². The van der Waals surface area contributed by atoms with Crippen LogP contribution in [0.5, 0.6) is 5.75 Å². The lowest BCUT2D eigenvalue weighted by Crippen LogP contribution is -2.34. The van der Waals surface area contributed by atoms with Crippen LogP contribution in [0.4, 0.5) is 11.4 Å². The lowest BCUT2D eigenvalue weighted by atomic mass is 10.2. The number of nitrogens with one attached hydrogen (secondary N) is 2. The second kappa shape index (κ2) is 6.98. The molecule has 132 valence electrons. The van der Waals surface area contributed by atoms with Crippen molar-refractivity contribution in [2.75, 3.05) is 12.4 Å². The Labute approximate surface area is 147 Å². The minimum absolute atomic E-state index is 0.0905. The fourth-order valence-electron chi connectivity index (χ4n) is 2.48. The van der Waals surface area contributed by atoms with E-state index in [0.29, 0.717) is 27.7 Å². The van der Waals surface area contributed by atoms with Gasteiger partial charge in [0.05, 0.1) is 34.0 Å². The molecule has 0 fully saturated rings. The zero-order chi connectivity index (χ0) is 18.7. The molecule has 3 aromatic rings. The van der Waals surface area contributed by atoms with Gasteiger partial charge in [-0.2, -0.15) is 0 Å². The Morgan fingerprint density at radius 3 is 2.65 bits per heavy atom. The van der Waals surface area contributed by atoms with Gasteiger partial charge >= 0.3 is 0 Å². The number of benzene rings is 2. The van der Waals surface area contributed by atoms with Gasteiger partial charge in [0.25, 0.3) is 11.2 Å². The van der Waals surface area contributed by atoms with Crippen LogP contribution in [0.25, 0.3) is 18.5 Å². The van der Waals surface area contributed by atoms with Crippen LogP contribution in [0, 0.1) is 10.1 Å². The summed E-state index contributed by atoms with van der Waals surface area (Å²) in [5.41, 5.74) is 0.661. The van der Waals surface area contributed by atoms with E-state index in [1.807, 2.05) is 18.2 Å². The molecule has 0 bridgehead atoms. The average molecular weight is 352 g/mol. The molecule has 2 N–H and O–H groups in total. The van der Waals surface area contributed by atoms with E-state index in [9.17, 15) is 14.9 Å². The predicted molar refractivity (Wildman–Crippen MR) is 98.9 cm³/mol. The van der Waals surface area contributed by atoms with Crippen molar-refractivity contribution in [2.45, 2.75) is 0 Å². The van der Waals surface area contributed by atoms with Crippen LogP contribution in [-0.4, -0.2) is 21.8 Å². The van der Waals surface area contributed by atoms with Gasteiger partial charge < -0.3 is 10.1 Å². The maximum atomic E-state index is 12.6. The Morgan fingerprint density at radius 2 is 2.00 bits per heavy atom. The molecule has 0 aliphatic carbocycles. The van der Waals surface area contributed by atoms with Gasteiger partial charge in [0.2, 0.25) is 0 Å². The lowest BCUT2D eigenvalue weighted by molar-refractivity contribution is -0.384. The van der Waals surface area contributed by atoms with E-state index >= 15 is 0 Å². The summed E-state index contributed by atoms with van der Waals surface area (Å²) >= 11 is 0. The molecule has 1 heterocycles. The van der Waals surface area contributed by atoms with Crippen LogP contribution < -0.4 is 26.2 Å². The summed E-state index contributed by atoms with van der Waals surface area (Å²) in [6.07, 6.45) is 1.45. The van der Waals surface area contributed by atoms with Crippen LogP contribution in [0.1, 0.15) is 0 Å². The molecular weight excluding hydrogens is 336 g/mol. The Bertz CT molecular complexity index is 1120. The fourth-order valence-corrected chi connectivity index (χ4v) is 2.48. The third-order valence-corrected chi connectivity index (χ3v) is 3.79. The molecule has 0 saturated carbocycles. The van der Waals surface area contributed by atoms with Crippen molar-refractivity contribution < 1.29 is 9.66 Å². The molecule has 8 nitrogen and oxygen atoms in total. The Kier molecular flexibility index (Phi) is 4.57. The molecule has 0 atom stereocenters. The molecule has 26 heavy (non-hydrogen) atoms. The number of nitrogens with zero attached hydrogens (tertiary/aromatic N) is 2. The number of aromatic nitrogens is 2. The van der Waals surface area contributed by atoms with Gasteiger partial charge in [-0.3, -0.25) is 20.0 Å². The number of non-ortho nitro benzene ring substituents is 1. The highest BCUT2D eigenvalue weighted by Gasteiger charge is 2.11. The van der Waals surface area contributed by atoms with E-state index < -0.39 is 4.92 Å². The first-order chi connectivity index (χ1) is 12.5. The van der Waals surface area contributed by atoms with Gasteiger partial charge in [-0.15, -0.1) is 0 Å². The molecule has 0 amide bonds. The Hall–Kier alpha value is -3.81. The van der Waals surface area contributed by atoms with Gasteiger partial charge in [0, 0.05) is 18.3 Å². The summed E-state index contributed by atoms with van der Waals surface area (Å²) in [7, 11) is 1.46. The van der Waals surface area contributed by atoms with Gasteiger partial charge in [0.15, 0.2) is 0 Å². The van der Waals surface area contributed by atoms with E-state index in [1.54, 1.807) is 12.1 Å². The molecular formula is C18H16N4O4. The summed E-state index contributed by atoms with van der Waals surface area (Å²) in [5, 5.41) is 17.5. The number of para-hydroxylation sites is 1. The molecule has 0 unspecified atom stereocenters. The van der Waals surface area contributed by atoms with Crippen LogP contribution in [0.15, 0.2) is 53.3 Å². The van der Waals surface area contributed by atoms with Crippen molar-refractivity contribution >= 4 is 24.2 Å². The summed E-state index contributed by atoms with van der Waals surface area (Å²) in [4.78, 5) is 23.1. The third kappa shape index (κ3) is 3.20. The molecule has 0 saturated heterocycles. The number of anilines is 1. The number of aromatic amines is 1. The maximum absolute atomic E-state index is 12.6. The summed E-state index contributed by atoms with van der Waals surface area (Å²) < 4.78 is 6.57. The highest BCUT2D eigenvalue weighted by atomic mass is 16.6. The molecule has 1 aromatic heterocycles. The lowest BCUT2D eigenvalue weighted by Gasteiger charge is -2.07. The predicted octanol–water partition coefficient (Wildman–Crippen LogP) is 1.34. The zero-order valence-corrected chi connectivity index (χ0v) is 13.9. The summed E-state index contributed by atoms with van der Waals surface area (Å²) in [5.74, 6) is 0.413. The molecule has 0 radical (unpaired) electrons. The number of rotatable bonds is 5. The summed E-state index contributed by atoms with van der Waals surface area (Å²) in [6.45, 7) is 3.84. The number of ether oxygens (including phenoxy) is 1. The standard InChI is InChI=1S/C18H16N4O4/c1-12-15(18(23)21(20-12)13-6-4-3-5-7-13)11-19-16-10-14(22(24)25)8-9-17(16)26-2/h3-11,19-20H,1H2,2H3/b15-11-. The number of hydrogen-bond acceptors (Lipinski definition) is 5. The van der Waals surface area contributed by atoms with Gasteiger partial charge in [-0.05, 0) is 18.2 Å². The molecule has 8 heteroatoms. The van der Waals surface area contributed by atoms with E-state index in [-0.39, 0.29) is 11.2 Å². The van der Waals surface area contributed by atoms with Crippen molar-refractivity contribution in [2.24, 2.45) is 0 Å². The first kappa shape index (κ1) is 17.0. The van der Waals surface area contributed by atoms with Crippen molar-refractivity contribution in [3.05, 3.63) is 79.6 Å². The topological polar surface area (TPSA) is 102 Å². The highest BCUT2D eigenvalue weighted by Crippen LogP contribution is 2.28. The fraction of sp³-hybridized carbons (Fsp3) is 0.0556. The largest absolute Gasteiger partial charge is 0.495 e. The zero-order valence-electron chi connectivity index (χ0n) is 13.9. The number of methoxy groups -OCH3 is 1. The van der Waals surface area contributed by atoms with Crippen LogP contribution >= 0.6 is 0 Å². The van der Waals surface area contributed by atoms with Crippen molar-refractivity contribution in [1.82, 2.24) is 9.78 Å². The van der Waals surface area contributed by atoms with E-state index in [4.69, 9.17) is 4.74 Å². The van der Waals surface area contributed by atoms with Crippen LogP contribution in [-0.2, 0) is 0 Å². The van der Waals surface area contributed by atoms with Crippen molar-refractivity contribution in [1.29, 1.82) is 0 Å². The minimum atomic E-state index is -0.504. The average Bonchev–Trinajstić information content (AvgIpc) is 2.94. The third-order valence-electron chi connectivity index (χ3n) is 3.79. The van der Waals surface area contributed by atoms with Crippen molar-refractivity contribution in [3.8, 4) is 11.4 Å². The van der Waals surface area contributed by atoms with Crippen LogP contribution in [0.3, 0.4) is 0 Å². The van der Waals surface area contributed by atoms with Gasteiger partial charge in [0.1, 0.15) is 5.75 Å². The smallest absolute Gasteiger partial charge is 0.280 e. The first-order valence-electron chi connectivity index (χ1n) is 7.66. The first-order valence-corrected chi connectivity index (χ1v) is 7.66. The molecule has 3 rings (SSSR count). The van der Waals surface area contributed by atoms with Gasteiger partial charge in [-0.1, -0.05) is 24.8 Å². The van der Waals surface area contributed by atoms with Crippen molar-refractivity contribution in [3.63, 3.8) is 0 Å². The number of H-pyrrole nitrogens is 1. The minimum Gasteiger partial charge on any atom is -0.495 e. The van der Waals surface area contributed by atoms with E-state index in [1.165, 1.54) is 36.2 Å².